The molecule has 1 aromatic carbocycles. The molecule has 2 N–H and O–H groups in total. The molecular weight excluding hydrogens is 385 g/mol. The summed E-state index contributed by atoms with van der Waals surface area (Å²) < 4.78 is 24.9. The van der Waals surface area contributed by atoms with Crippen molar-refractivity contribution in [2.45, 2.75) is 58.5 Å². The number of nitrogens with zero attached hydrogens (tertiary/aromatic N) is 2. The molecule has 0 aromatic heterocycles. The van der Waals surface area contributed by atoms with Crippen LogP contribution in [0.4, 0.5) is 4.39 Å². The second kappa shape index (κ2) is 9.31. The van der Waals surface area contributed by atoms with Crippen molar-refractivity contribution in [1.82, 2.24) is 4.90 Å². The fourth-order valence-corrected chi connectivity index (χ4v) is 4.27. The molecule has 2 heterocycles. The molecule has 2 unspecified atom stereocenters. The molecule has 2 aliphatic heterocycles. The first kappa shape index (κ1) is 21.8. The van der Waals surface area contributed by atoms with E-state index in [0.29, 0.717) is 18.2 Å². The highest BCUT2D eigenvalue weighted by Gasteiger charge is 2.37. The normalized spacial score (nSPS) is 22.5. The Morgan fingerprint density at radius 2 is 2.20 bits per heavy atom. The van der Waals surface area contributed by atoms with Gasteiger partial charge in [0.1, 0.15) is 23.2 Å². The molecule has 0 spiro atoms. The van der Waals surface area contributed by atoms with Gasteiger partial charge in [-0.3, -0.25) is 4.90 Å². The molecule has 0 radical (unpaired) electrons. The summed E-state index contributed by atoms with van der Waals surface area (Å²) in [7, 11) is 0. The van der Waals surface area contributed by atoms with Crippen molar-refractivity contribution in [2.24, 2.45) is 5.73 Å². The Kier molecular flexibility index (Phi) is 6.78. The van der Waals surface area contributed by atoms with Gasteiger partial charge in [0.2, 0.25) is 5.88 Å². The summed E-state index contributed by atoms with van der Waals surface area (Å²) in [5, 5.41) is 9.79. The van der Waals surface area contributed by atoms with Gasteiger partial charge in [-0.15, -0.1) is 0 Å². The van der Waals surface area contributed by atoms with E-state index in [-0.39, 0.29) is 35.2 Å². The number of nitrogens with two attached hydrogens (primary N) is 1. The SMILES string of the molecule is CCOC(=O)C1=C(C)OC(N)=C(C#N)C1c1ccc(F)cc1CN1CCCCC1C. The van der Waals surface area contributed by atoms with Crippen LogP contribution in [0, 0.1) is 17.1 Å². The topological polar surface area (TPSA) is 88.6 Å². The lowest BCUT2D eigenvalue weighted by atomic mass is 9.80. The molecule has 0 saturated carbocycles. The van der Waals surface area contributed by atoms with Crippen LogP contribution < -0.4 is 5.73 Å². The molecule has 0 amide bonds. The Labute approximate surface area is 176 Å². The number of benzene rings is 1. The second-order valence-electron chi connectivity index (χ2n) is 7.77. The lowest BCUT2D eigenvalue weighted by molar-refractivity contribution is -0.139. The number of esters is 1. The van der Waals surface area contributed by atoms with Crippen molar-refractivity contribution in [3.8, 4) is 6.07 Å². The summed E-state index contributed by atoms with van der Waals surface area (Å²) in [6, 6.07) is 6.92. The minimum atomic E-state index is -0.765. The number of likely N-dealkylation sites (tertiary alicyclic amines) is 1. The van der Waals surface area contributed by atoms with Gasteiger partial charge < -0.3 is 15.2 Å². The highest BCUT2D eigenvalue weighted by molar-refractivity contribution is 5.92. The maximum atomic E-state index is 14.2. The second-order valence-corrected chi connectivity index (χ2v) is 7.77. The average Bonchev–Trinajstić information content (AvgIpc) is 2.69. The van der Waals surface area contributed by atoms with Gasteiger partial charge in [-0.1, -0.05) is 12.5 Å². The van der Waals surface area contributed by atoms with Crippen LogP contribution in [0.15, 0.2) is 41.0 Å². The van der Waals surface area contributed by atoms with Crippen LogP contribution in [0.1, 0.15) is 57.1 Å². The molecule has 30 heavy (non-hydrogen) atoms. The van der Waals surface area contributed by atoms with E-state index in [4.69, 9.17) is 15.2 Å². The van der Waals surface area contributed by atoms with Crippen molar-refractivity contribution >= 4 is 5.97 Å². The van der Waals surface area contributed by atoms with Crippen molar-refractivity contribution in [2.75, 3.05) is 13.2 Å². The van der Waals surface area contributed by atoms with Gasteiger partial charge in [-0.2, -0.15) is 5.26 Å². The summed E-state index contributed by atoms with van der Waals surface area (Å²) in [5.74, 6) is -1.45. The Balaban J connectivity index is 2.11. The largest absolute Gasteiger partial charge is 0.463 e. The number of hydrogen-bond acceptors (Lipinski definition) is 6. The molecule has 160 valence electrons. The van der Waals surface area contributed by atoms with Crippen molar-refractivity contribution in [3.05, 3.63) is 57.9 Å². The molecule has 2 aliphatic rings. The van der Waals surface area contributed by atoms with E-state index in [0.717, 1.165) is 24.9 Å². The highest BCUT2D eigenvalue weighted by atomic mass is 19.1. The van der Waals surface area contributed by atoms with Crippen LogP contribution in [0.25, 0.3) is 0 Å². The predicted octanol–water partition coefficient (Wildman–Crippen LogP) is 3.84. The third kappa shape index (κ3) is 4.34. The highest BCUT2D eigenvalue weighted by Crippen LogP contribution is 2.41. The minimum Gasteiger partial charge on any atom is -0.463 e. The number of carbonyl (C=O) groups is 1. The van der Waals surface area contributed by atoms with Crippen LogP contribution in [0.3, 0.4) is 0 Å². The van der Waals surface area contributed by atoms with Crippen molar-refractivity contribution in [1.29, 1.82) is 5.26 Å². The predicted molar refractivity (Wildman–Crippen MR) is 110 cm³/mol. The zero-order valence-corrected chi connectivity index (χ0v) is 17.7. The number of piperidine rings is 1. The maximum Gasteiger partial charge on any atom is 0.338 e. The molecule has 1 saturated heterocycles. The monoisotopic (exact) mass is 413 g/mol. The summed E-state index contributed by atoms with van der Waals surface area (Å²) in [4.78, 5) is 15.1. The van der Waals surface area contributed by atoms with Gasteiger partial charge in [0.25, 0.3) is 0 Å². The molecule has 0 aliphatic carbocycles. The van der Waals surface area contributed by atoms with Gasteiger partial charge >= 0.3 is 5.97 Å². The minimum absolute atomic E-state index is 0.0466. The first-order chi connectivity index (χ1) is 14.4. The average molecular weight is 413 g/mol. The van der Waals surface area contributed by atoms with E-state index in [1.54, 1.807) is 19.9 Å². The van der Waals surface area contributed by atoms with Crippen LogP contribution >= 0.6 is 0 Å². The molecule has 2 atom stereocenters. The summed E-state index contributed by atoms with van der Waals surface area (Å²) in [6.07, 6.45) is 3.36. The van der Waals surface area contributed by atoms with Crippen molar-refractivity contribution in [3.63, 3.8) is 0 Å². The van der Waals surface area contributed by atoms with E-state index in [1.165, 1.54) is 18.6 Å². The first-order valence-electron chi connectivity index (χ1n) is 10.3. The zero-order valence-electron chi connectivity index (χ0n) is 17.7. The van der Waals surface area contributed by atoms with E-state index in [1.807, 2.05) is 0 Å². The molecule has 6 nitrogen and oxygen atoms in total. The molecular formula is C23H28FN3O3. The number of halogens is 1. The van der Waals surface area contributed by atoms with Gasteiger partial charge in [0.15, 0.2) is 0 Å². The lowest BCUT2D eigenvalue weighted by Gasteiger charge is -2.35. The third-order valence-corrected chi connectivity index (χ3v) is 5.83. The van der Waals surface area contributed by atoms with Gasteiger partial charge in [-0.25, -0.2) is 9.18 Å². The van der Waals surface area contributed by atoms with Crippen LogP contribution in [-0.4, -0.2) is 30.1 Å². The Morgan fingerprint density at radius 3 is 2.87 bits per heavy atom. The van der Waals surface area contributed by atoms with E-state index in [9.17, 15) is 14.4 Å². The van der Waals surface area contributed by atoms with E-state index >= 15 is 0 Å². The standard InChI is InChI=1S/C23H28FN3O3/c1-4-29-23(28)20-15(3)30-22(26)19(12-25)21(20)18-9-8-17(24)11-16(18)13-27-10-6-5-7-14(27)2/h8-9,11,14,21H,4-7,10,13,26H2,1-3H3. The smallest absolute Gasteiger partial charge is 0.338 e. The fraction of sp³-hybridized carbons (Fsp3) is 0.478. The molecule has 1 aromatic rings. The molecule has 0 bridgehead atoms. The number of rotatable bonds is 5. The Bertz CT molecular complexity index is 932. The third-order valence-electron chi connectivity index (χ3n) is 5.83. The van der Waals surface area contributed by atoms with Gasteiger partial charge in [-0.05, 0) is 63.4 Å². The Hall–Kier alpha value is -2.85. The van der Waals surface area contributed by atoms with Crippen LogP contribution in [0.5, 0.6) is 0 Å². The first-order valence-corrected chi connectivity index (χ1v) is 10.3. The van der Waals surface area contributed by atoms with Crippen LogP contribution in [-0.2, 0) is 20.8 Å². The summed E-state index contributed by atoms with van der Waals surface area (Å²) in [6.45, 7) is 7.14. The fourth-order valence-electron chi connectivity index (χ4n) is 4.27. The maximum absolute atomic E-state index is 14.2. The van der Waals surface area contributed by atoms with Crippen LogP contribution in [0.2, 0.25) is 0 Å². The van der Waals surface area contributed by atoms with E-state index in [2.05, 4.69) is 17.9 Å². The Morgan fingerprint density at radius 1 is 1.43 bits per heavy atom. The molecule has 1 fully saturated rings. The number of ether oxygens (including phenoxy) is 2. The van der Waals surface area contributed by atoms with Gasteiger partial charge in [0.05, 0.1) is 18.1 Å². The quantitative estimate of drug-likeness (QED) is 0.738. The number of nitriles is 1. The number of allylic oxidation sites excluding steroid dienone is 2. The molecule has 3 rings (SSSR count). The summed E-state index contributed by atoms with van der Waals surface area (Å²) in [5.41, 5.74) is 7.74. The number of hydrogen-bond donors (Lipinski definition) is 1. The number of carbonyl (C=O) groups excluding carboxylic acids is 1. The van der Waals surface area contributed by atoms with E-state index < -0.39 is 11.9 Å². The summed E-state index contributed by atoms with van der Waals surface area (Å²) >= 11 is 0. The van der Waals surface area contributed by atoms with Gasteiger partial charge in [0, 0.05) is 12.6 Å². The zero-order chi connectivity index (χ0) is 21.8. The molecule has 7 heteroatoms. The van der Waals surface area contributed by atoms with Crippen molar-refractivity contribution < 1.29 is 18.7 Å². The lowest BCUT2D eigenvalue weighted by Crippen LogP contribution is -2.37.